The SMILES string of the molecule is CC[C@@H]1c2ccccc2CCN1C(=O)[C@H](C)NS(C)(=O)=O. The number of fused-ring (bicyclic) bond motifs is 1. The van der Waals surface area contributed by atoms with Gasteiger partial charge in [-0.2, -0.15) is 0 Å². The van der Waals surface area contributed by atoms with E-state index >= 15 is 0 Å². The molecule has 0 aliphatic carbocycles. The van der Waals surface area contributed by atoms with Crippen molar-refractivity contribution in [2.45, 2.75) is 38.8 Å². The van der Waals surface area contributed by atoms with Gasteiger partial charge in [-0.15, -0.1) is 0 Å². The standard InChI is InChI=1S/C15H22N2O3S/c1-4-14-13-8-6-5-7-12(13)9-10-17(14)15(18)11(2)16-21(3,19)20/h5-8,11,14,16H,4,9-10H2,1-3H3/t11-,14+/m0/s1. The van der Waals surface area contributed by atoms with E-state index in [1.807, 2.05) is 19.1 Å². The second-order valence-electron chi connectivity index (χ2n) is 5.52. The monoisotopic (exact) mass is 310 g/mol. The van der Waals surface area contributed by atoms with Gasteiger partial charge in [0, 0.05) is 6.54 Å². The van der Waals surface area contributed by atoms with Crippen molar-refractivity contribution < 1.29 is 13.2 Å². The van der Waals surface area contributed by atoms with Crippen molar-refractivity contribution >= 4 is 15.9 Å². The summed E-state index contributed by atoms with van der Waals surface area (Å²) in [5, 5.41) is 0. The molecule has 2 rings (SSSR count). The predicted octanol–water partition coefficient (Wildman–Crippen LogP) is 1.46. The fourth-order valence-corrected chi connectivity index (χ4v) is 3.72. The van der Waals surface area contributed by atoms with Gasteiger partial charge in [-0.3, -0.25) is 4.79 Å². The van der Waals surface area contributed by atoms with Crippen LogP contribution in [0.15, 0.2) is 24.3 Å². The van der Waals surface area contributed by atoms with E-state index < -0.39 is 16.1 Å². The maximum atomic E-state index is 12.6. The minimum Gasteiger partial charge on any atom is -0.334 e. The summed E-state index contributed by atoms with van der Waals surface area (Å²) in [7, 11) is -3.39. The van der Waals surface area contributed by atoms with Gasteiger partial charge in [0.05, 0.1) is 18.3 Å². The van der Waals surface area contributed by atoms with Gasteiger partial charge in [-0.1, -0.05) is 31.2 Å². The summed E-state index contributed by atoms with van der Waals surface area (Å²) >= 11 is 0. The first-order valence-corrected chi connectivity index (χ1v) is 9.08. The van der Waals surface area contributed by atoms with Gasteiger partial charge in [0.2, 0.25) is 15.9 Å². The second kappa shape index (κ2) is 6.15. The van der Waals surface area contributed by atoms with E-state index in [-0.39, 0.29) is 11.9 Å². The van der Waals surface area contributed by atoms with Crippen LogP contribution >= 0.6 is 0 Å². The highest BCUT2D eigenvalue weighted by Gasteiger charge is 2.32. The Hall–Kier alpha value is -1.40. The zero-order chi connectivity index (χ0) is 15.6. The van der Waals surface area contributed by atoms with Crippen LogP contribution < -0.4 is 4.72 Å². The maximum absolute atomic E-state index is 12.6. The van der Waals surface area contributed by atoms with E-state index in [1.165, 1.54) is 11.1 Å². The van der Waals surface area contributed by atoms with Crippen LogP contribution in [0.5, 0.6) is 0 Å². The third-order valence-electron chi connectivity index (χ3n) is 3.84. The van der Waals surface area contributed by atoms with Gasteiger partial charge >= 0.3 is 0 Å². The van der Waals surface area contributed by atoms with Crippen molar-refractivity contribution in [3.8, 4) is 0 Å². The van der Waals surface area contributed by atoms with E-state index in [9.17, 15) is 13.2 Å². The van der Waals surface area contributed by atoms with Crippen molar-refractivity contribution in [3.05, 3.63) is 35.4 Å². The highest BCUT2D eigenvalue weighted by molar-refractivity contribution is 7.88. The molecular formula is C15H22N2O3S. The van der Waals surface area contributed by atoms with Crippen LogP contribution in [0, 0.1) is 0 Å². The van der Waals surface area contributed by atoms with E-state index in [4.69, 9.17) is 0 Å². The number of hydrogen-bond acceptors (Lipinski definition) is 3. The number of sulfonamides is 1. The summed E-state index contributed by atoms with van der Waals surface area (Å²) in [6.45, 7) is 4.27. The van der Waals surface area contributed by atoms with Crippen LogP contribution in [0.3, 0.4) is 0 Å². The van der Waals surface area contributed by atoms with Gasteiger partial charge < -0.3 is 4.90 Å². The summed E-state index contributed by atoms with van der Waals surface area (Å²) in [6, 6.07) is 7.42. The summed E-state index contributed by atoms with van der Waals surface area (Å²) in [6.07, 6.45) is 2.69. The highest BCUT2D eigenvalue weighted by Crippen LogP contribution is 2.32. The minimum atomic E-state index is -3.39. The van der Waals surface area contributed by atoms with Crippen molar-refractivity contribution in [2.75, 3.05) is 12.8 Å². The number of nitrogens with zero attached hydrogens (tertiary/aromatic N) is 1. The molecule has 21 heavy (non-hydrogen) atoms. The van der Waals surface area contributed by atoms with Crippen LogP contribution in [0.25, 0.3) is 0 Å². The van der Waals surface area contributed by atoms with Crippen molar-refractivity contribution in [2.24, 2.45) is 0 Å². The van der Waals surface area contributed by atoms with E-state index in [2.05, 4.69) is 16.9 Å². The molecule has 6 heteroatoms. The van der Waals surface area contributed by atoms with Gasteiger partial charge in [-0.05, 0) is 30.9 Å². The fraction of sp³-hybridized carbons (Fsp3) is 0.533. The minimum absolute atomic E-state index is 0.0197. The first-order chi connectivity index (χ1) is 9.83. The molecule has 0 spiro atoms. The highest BCUT2D eigenvalue weighted by atomic mass is 32.2. The summed E-state index contributed by atoms with van der Waals surface area (Å²) in [5.74, 6) is -0.165. The van der Waals surface area contributed by atoms with Gasteiger partial charge in [0.25, 0.3) is 0 Å². The van der Waals surface area contributed by atoms with E-state index in [1.54, 1.807) is 11.8 Å². The average Bonchev–Trinajstić information content (AvgIpc) is 2.43. The Morgan fingerprint density at radius 1 is 1.43 bits per heavy atom. The lowest BCUT2D eigenvalue weighted by molar-refractivity contribution is -0.135. The number of nitrogens with one attached hydrogen (secondary N) is 1. The fourth-order valence-electron chi connectivity index (χ4n) is 2.98. The molecule has 5 nitrogen and oxygen atoms in total. The molecule has 1 aliphatic heterocycles. The Morgan fingerprint density at radius 2 is 2.10 bits per heavy atom. The molecule has 0 aromatic heterocycles. The molecule has 0 unspecified atom stereocenters. The number of carbonyl (C=O) groups is 1. The van der Waals surface area contributed by atoms with Crippen LogP contribution in [0.4, 0.5) is 0 Å². The Bertz CT molecular complexity index is 628. The Balaban J connectivity index is 2.23. The molecule has 1 aromatic rings. The molecule has 1 amide bonds. The molecule has 0 saturated carbocycles. The number of carbonyl (C=O) groups excluding carboxylic acids is 1. The van der Waals surface area contributed by atoms with E-state index in [0.717, 1.165) is 19.1 Å². The largest absolute Gasteiger partial charge is 0.334 e. The molecule has 1 aliphatic rings. The van der Waals surface area contributed by atoms with Gasteiger partial charge in [-0.25, -0.2) is 13.1 Å². The lowest BCUT2D eigenvalue weighted by atomic mass is 9.90. The number of amides is 1. The summed E-state index contributed by atoms with van der Waals surface area (Å²) < 4.78 is 25.0. The molecule has 0 fully saturated rings. The molecule has 0 saturated heterocycles. The van der Waals surface area contributed by atoms with Gasteiger partial charge in [0.1, 0.15) is 0 Å². The normalized spacial score (nSPS) is 20.0. The Labute approximate surface area is 126 Å². The van der Waals surface area contributed by atoms with Crippen LogP contribution in [0.1, 0.15) is 37.4 Å². The topological polar surface area (TPSA) is 66.5 Å². The number of benzene rings is 1. The van der Waals surface area contributed by atoms with Crippen LogP contribution in [-0.4, -0.2) is 38.1 Å². The van der Waals surface area contributed by atoms with Crippen molar-refractivity contribution in [1.82, 2.24) is 9.62 Å². The third kappa shape index (κ3) is 3.63. The molecule has 1 aromatic carbocycles. The van der Waals surface area contributed by atoms with Crippen LogP contribution in [0.2, 0.25) is 0 Å². The third-order valence-corrected chi connectivity index (χ3v) is 4.63. The molecule has 1 N–H and O–H groups in total. The van der Waals surface area contributed by atoms with Crippen molar-refractivity contribution in [3.63, 3.8) is 0 Å². The zero-order valence-electron chi connectivity index (χ0n) is 12.7. The number of rotatable bonds is 4. The molecule has 0 radical (unpaired) electrons. The first kappa shape index (κ1) is 16.0. The lowest BCUT2D eigenvalue weighted by Crippen LogP contribution is -2.49. The molecule has 116 valence electrons. The van der Waals surface area contributed by atoms with Crippen molar-refractivity contribution in [1.29, 1.82) is 0 Å². The first-order valence-electron chi connectivity index (χ1n) is 7.19. The average molecular weight is 310 g/mol. The number of hydrogen-bond donors (Lipinski definition) is 1. The molecule has 2 atom stereocenters. The van der Waals surface area contributed by atoms with Crippen LogP contribution in [-0.2, 0) is 21.2 Å². The summed E-state index contributed by atoms with van der Waals surface area (Å²) in [5.41, 5.74) is 2.45. The summed E-state index contributed by atoms with van der Waals surface area (Å²) in [4.78, 5) is 14.4. The maximum Gasteiger partial charge on any atom is 0.240 e. The smallest absolute Gasteiger partial charge is 0.240 e. The molecule has 1 heterocycles. The quantitative estimate of drug-likeness (QED) is 0.915. The van der Waals surface area contributed by atoms with E-state index in [0.29, 0.717) is 6.54 Å². The Morgan fingerprint density at radius 3 is 2.71 bits per heavy atom. The molecular weight excluding hydrogens is 288 g/mol. The molecule has 0 bridgehead atoms. The second-order valence-corrected chi connectivity index (χ2v) is 7.30. The predicted molar refractivity (Wildman–Crippen MR) is 82.3 cm³/mol. The lowest BCUT2D eigenvalue weighted by Gasteiger charge is -2.38. The Kier molecular flexibility index (Phi) is 4.68. The van der Waals surface area contributed by atoms with Gasteiger partial charge in [0.15, 0.2) is 0 Å². The zero-order valence-corrected chi connectivity index (χ0v) is 13.5.